The van der Waals surface area contributed by atoms with Gasteiger partial charge in [0.1, 0.15) is 0 Å². The van der Waals surface area contributed by atoms with E-state index in [-0.39, 0.29) is 5.56 Å². The number of carboxylic acids is 1. The Kier molecular flexibility index (Phi) is 4.04. The lowest BCUT2D eigenvalue weighted by Crippen LogP contribution is -2.40. The number of aliphatic hydroxyl groups is 1. The maximum Gasteiger partial charge on any atom is 0.337 e. The van der Waals surface area contributed by atoms with Gasteiger partial charge in [-0.15, -0.1) is 0 Å². The van der Waals surface area contributed by atoms with E-state index in [1.165, 1.54) is 18.5 Å². The highest BCUT2D eigenvalue weighted by Gasteiger charge is 2.31. The molecule has 1 fully saturated rings. The van der Waals surface area contributed by atoms with Gasteiger partial charge in [0, 0.05) is 12.7 Å². The summed E-state index contributed by atoms with van der Waals surface area (Å²) in [7, 11) is 0. The van der Waals surface area contributed by atoms with Gasteiger partial charge < -0.3 is 15.5 Å². The molecule has 1 aromatic heterocycles. The number of aromatic nitrogens is 1. The summed E-state index contributed by atoms with van der Waals surface area (Å²) in [6.45, 7) is 2.56. The first-order valence-electron chi connectivity index (χ1n) is 6.64. The van der Waals surface area contributed by atoms with Crippen LogP contribution in [0.15, 0.2) is 18.5 Å². The quantitative estimate of drug-likeness (QED) is 0.776. The molecule has 0 spiro atoms. The van der Waals surface area contributed by atoms with Crippen LogP contribution in [0.25, 0.3) is 0 Å². The molecule has 0 aliphatic heterocycles. The minimum atomic E-state index is -0.992. The molecule has 3 N–H and O–H groups in total. The first kappa shape index (κ1) is 13.8. The number of rotatable bonds is 4. The molecule has 104 valence electrons. The zero-order chi connectivity index (χ0) is 13.9. The Bertz CT molecular complexity index is 454. The van der Waals surface area contributed by atoms with Gasteiger partial charge in [-0.1, -0.05) is 6.92 Å². The zero-order valence-corrected chi connectivity index (χ0v) is 11.1. The molecule has 1 aromatic rings. The SMILES string of the molecule is CC1CCC(O)(CNc2cnccc2C(=O)O)CC1. The van der Waals surface area contributed by atoms with Crippen molar-refractivity contribution >= 4 is 11.7 Å². The Hall–Kier alpha value is -1.62. The largest absolute Gasteiger partial charge is 0.478 e. The van der Waals surface area contributed by atoms with E-state index in [4.69, 9.17) is 5.11 Å². The minimum absolute atomic E-state index is 0.183. The molecule has 0 saturated heterocycles. The second-order valence-corrected chi connectivity index (χ2v) is 5.49. The summed E-state index contributed by atoms with van der Waals surface area (Å²) in [6, 6.07) is 1.46. The van der Waals surface area contributed by atoms with Crippen molar-refractivity contribution in [1.29, 1.82) is 0 Å². The van der Waals surface area contributed by atoms with E-state index in [1.807, 2.05) is 0 Å². The molecule has 1 aliphatic carbocycles. The van der Waals surface area contributed by atoms with Crippen LogP contribution in [0.3, 0.4) is 0 Å². The maximum absolute atomic E-state index is 11.1. The molecule has 19 heavy (non-hydrogen) atoms. The van der Waals surface area contributed by atoms with Crippen LogP contribution in [0.1, 0.15) is 43.0 Å². The van der Waals surface area contributed by atoms with Gasteiger partial charge in [0.15, 0.2) is 0 Å². The average Bonchev–Trinajstić information content (AvgIpc) is 2.41. The number of nitrogens with one attached hydrogen (secondary N) is 1. The molecular weight excluding hydrogens is 244 g/mol. The van der Waals surface area contributed by atoms with Crippen LogP contribution in [-0.4, -0.2) is 33.3 Å². The van der Waals surface area contributed by atoms with Crippen LogP contribution < -0.4 is 5.32 Å². The maximum atomic E-state index is 11.1. The van der Waals surface area contributed by atoms with Crippen molar-refractivity contribution in [2.24, 2.45) is 5.92 Å². The standard InChI is InChI=1S/C14H20N2O3/c1-10-2-5-14(19,6-3-10)9-16-12-8-15-7-4-11(12)13(17)18/h4,7-8,10,16,19H,2-3,5-6,9H2,1H3,(H,17,18). The molecule has 0 aromatic carbocycles. The first-order valence-corrected chi connectivity index (χ1v) is 6.64. The van der Waals surface area contributed by atoms with E-state index in [0.29, 0.717) is 18.2 Å². The Balaban J connectivity index is 2.01. The Morgan fingerprint density at radius 2 is 2.21 bits per heavy atom. The molecule has 0 atom stereocenters. The number of nitrogens with zero attached hydrogens (tertiary/aromatic N) is 1. The molecule has 0 amide bonds. The first-order chi connectivity index (χ1) is 9.00. The van der Waals surface area contributed by atoms with Crippen molar-refractivity contribution in [1.82, 2.24) is 4.98 Å². The summed E-state index contributed by atoms with van der Waals surface area (Å²) < 4.78 is 0. The van der Waals surface area contributed by atoms with Crippen molar-refractivity contribution in [3.63, 3.8) is 0 Å². The van der Waals surface area contributed by atoms with Crippen LogP contribution >= 0.6 is 0 Å². The molecule has 1 heterocycles. The van der Waals surface area contributed by atoms with Crippen molar-refractivity contribution in [3.8, 4) is 0 Å². The summed E-state index contributed by atoms with van der Waals surface area (Å²) >= 11 is 0. The predicted molar refractivity (Wildman–Crippen MR) is 72.3 cm³/mol. The minimum Gasteiger partial charge on any atom is -0.478 e. The monoisotopic (exact) mass is 264 g/mol. The van der Waals surface area contributed by atoms with Crippen molar-refractivity contribution in [3.05, 3.63) is 24.0 Å². The van der Waals surface area contributed by atoms with Crippen LogP contribution in [0.4, 0.5) is 5.69 Å². The number of anilines is 1. The highest BCUT2D eigenvalue weighted by molar-refractivity contribution is 5.93. The Labute approximate surface area is 112 Å². The van der Waals surface area contributed by atoms with E-state index in [9.17, 15) is 9.90 Å². The smallest absolute Gasteiger partial charge is 0.337 e. The second kappa shape index (κ2) is 5.57. The molecule has 2 rings (SSSR count). The summed E-state index contributed by atoms with van der Waals surface area (Å²) in [4.78, 5) is 15.0. The van der Waals surface area contributed by atoms with Gasteiger partial charge in [-0.05, 0) is 37.7 Å². The highest BCUT2D eigenvalue weighted by atomic mass is 16.4. The highest BCUT2D eigenvalue weighted by Crippen LogP contribution is 2.32. The lowest BCUT2D eigenvalue weighted by molar-refractivity contribution is 0.00496. The van der Waals surface area contributed by atoms with Gasteiger partial charge in [-0.3, -0.25) is 4.98 Å². The van der Waals surface area contributed by atoms with E-state index < -0.39 is 11.6 Å². The van der Waals surface area contributed by atoms with E-state index in [2.05, 4.69) is 17.2 Å². The fourth-order valence-corrected chi connectivity index (χ4v) is 2.46. The predicted octanol–water partition coefficient (Wildman–Crippen LogP) is 2.13. The van der Waals surface area contributed by atoms with Gasteiger partial charge in [0.25, 0.3) is 0 Å². The number of carbonyl (C=O) groups is 1. The fourth-order valence-electron chi connectivity index (χ4n) is 2.46. The molecule has 0 radical (unpaired) electrons. The van der Waals surface area contributed by atoms with Crippen molar-refractivity contribution in [2.45, 2.75) is 38.2 Å². The summed E-state index contributed by atoms with van der Waals surface area (Å²) in [6.07, 6.45) is 6.46. The van der Waals surface area contributed by atoms with Gasteiger partial charge in [-0.2, -0.15) is 0 Å². The summed E-state index contributed by atoms with van der Waals surface area (Å²) in [5.41, 5.74) is -0.0946. The van der Waals surface area contributed by atoms with E-state index in [0.717, 1.165) is 25.7 Å². The normalized spacial score (nSPS) is 26.9. The lowest BCUT2D eigenvalue weighted by Gasteiger charge is -2.35. The molecule has 1 aliphatic rings. The lowest BCUT2D eigenvalue weighted by atomic mass is 9.79. The van der Waals surface area contributed by atoms with Gasteiger partial charge >= 0.3 is 5.97 Å². The third kappa shape index (κ3) is 3.44. The zero-order valence-electron chi connectivity index (χ0n) is 11.1. The number of aromatic carboxylic acids is 1. The van der Waals surface area contributed by atoms with Crippen LogP contribution in [0.2, 0.25) is 0 Å². The fraction of sp³-hybridized carbons (Fsp3) is 0.571. The number of carboxylic acid groups (broad SMARTS) is 1. The molecule has 0 unspecified atom stereocenters. The number of hydrogen-bond donors (Lipinski definition) is 3. The summed E-state index contributed by atoms with van der Waals surface area (Å²) in [5, 5.41) is 22.5. The molecule has 5 heteroatoms. The van der Waals surface area contributed by atoms with Crippen LogP contribution in [0, 0.1) is 5.92 Å². The van der Waals surface area contributed by atoms with Gasteiger partial charge in [0.05, 0.1) is 23.0 Å². The summed E-state index contributed by atoms with van der Waals surface area (Å²) in [5.74, 6) is -0.331. The van der Waals surface area contributed by atoms with Gasteiger partial charge in [0.2, 0.25) is 0 Å². The molecule has 5 nitrogen and oxygen atoms in total. The van der Waals surface area contributed by atoms with E-state index in [1.54, 1.807) is 0 Å². The molecule has 0 bridgehead atoms. The molecule has 1 saturated carbocycles. The van der Waals surface area contributed by atoms with Gasteiger partial charge in [-0.25, -0.2) is 4.79 Å². The second-order valence-electron chi connectivity index (χ2n) is 5.49. The van der Waals surface area contributed by atoms with Crippen molar-refractivity contribution in [2.75, 3.05) is 11.9 Å². The Morgan fingerprint density at radius 3 is 2.84 bits per heavy atom. The third-order valence-corrected chi connectivity index (χ3v) is 3.86. The Morgan fingerprint density at radius 1 is 1.53 bits per heavy atom. The van der Waals surface area contributed by atoms with E-state index >= 15 is 0 Å². The topological polar surface area (TPSA) is 82.5 Å². The third-order valence-electron chi connectivity index (χ3n) is 3.86. The number of pyridine rings is 1. The van der Waals surface area contributed by atoms with Crippen molar-refractivity contribution < 1.29 is 15.0 Å². The van der Waals surface area contributed by atoms with Crippen LogP contribution in [0.5, 0.6) is 0 Å². The molecular formula is C14H20N2O3. The average molecular weight is 264 g/mol. The van der Waals surface area contributed by atoms with Crippen LogP contribution in [-0.2, 0) is 0 Å². The number of hydrogen-bond acceptors (Lipinski definition) is 4.